The molecule has 1 aromatic rings. The van der Waals surface area contributed by atoms with Crippen LogP contribution in [0.3, 0.4) is 0 Å². The molecule has 0 aliphatic carbocycles. The molecule has 0 heterocycles. The van der Waals surface area contributed by atoms with E-state index in [-0.39, 0.29) is 6.29 Å². The summed E-state index contributed by atoms with van der Waals surface area (Å²) in [5.41, 5.74) is 1.95. The summed E-state index contributed by atoms with van der Waals surface area (Å²) >= 11 is 0. The van der Waals surface area contributed by atoms with E-state index in [2.05, 4.69) is 0 Å². The highest BCUT2D eigenvalue weighted by molar-refractivity contribution is 5.24. The van der Waals surface area contributed by atoms with E-state index in [0.29, 0.717) is 6.54 Å². The van der Waals surface area contributed by atoms with Gasteiger partial charge in [0.2, 0.25) is 0 Å². The monoisotopic (exact) mass is 211 g/mol. The minimum atomic E-state index is -0.353. The van der Waals surface area contributed by atoms with Crippen LogP contribution < -0.4 is 0 Å². The summed E-state index contributed by atoms with van der Waals surface area (Å²) in [4.78, 5) is 0. The first-order chi connectivity index (χ1) is 7.17. The Bertz CT molecular complexity index is 298. The first-order valence-corrected chi connectivity index (χ1v) is 4.71. The summed E-state index contributed by atoms with van der Waals surface area (Å²) in [6.07, 6.45) is -0.353. The fourth-order valence-corrected chi connectivity index (χ4v) is 1.47. The van der Waals surface area contributed by atoms with Crippen molar-refractivity contribution in [2.75, 3.05) is 21.3 Å². The van der Waals surface area contributed by atoms with Crippen LogP contribution in [0.4, 0.5) is 0 Å². The Labute approximate surface area is 90.0 Å². The number of hydroxylamine groups is 2. The topological polar surface area (TPSA) is 41.9 Å². The summed E-state index contributed by atoms with van der Waals surface area (Å²) in [7, 11) is 4.80. The molecule has 1 N–H and O–H groups in total. The molecule has 84 valence electrons. The molecule has 0 bridgehead atoms. The molecule has 0 radical (unpaired) electrons. The van der Waals surface area contributed by atoms with Crippen LogP contribution in [0.15, 0.2) is 24.3 Å². The van der Waals surface area contributed by atoms with E-state index < -0.39 is 0 Å². The van der Waals surface area contributed by atoms with Crippen molar-refractivity contribution in [3.63, 3.8) is 0 Å². The molecule has 4 heteroatoms. The van der Waals surface area contributed by atoms with Crippen LogP contribution in [-0.2, 0) is 16.0 Å². The molecule has 0 aromatic heterocycles. The highest BCUT2D eigenvalue weighted by atomic mass is 16.7. The van der Waals surface area contributed by atoms with Crippen molar-refractivity contribution in [3.8, 4) is 0 Å². The molecular formula is C11H17NO3. The van der Waals surface area contributed by atoms with E-state index in [9.17, 15) is 0 Å². The van der Waals surface area contributed by atoms with Gasteiger partial charge in [0.15, 0.2) is 6.29 Å². The molecule has 0 saturated heterocycles. The standard InChI is InChI=1S/C11H17NO3/c1-12(13)8-9-5-4-6-10(7-9)11(14-2)15-3/h4-7,11,13H,8H2,1-3H3. The lowest BCUT2D eigenvalue weighted by molar-refractivity contribution is -0.106. The van der Waals surface area contributed by atoms with E-state index in [0.717, 1.165) is 16.2 Å². The number of rotatable bonds is 5. The number of ether oxygens (including phenoxy) is 2. The molecule has 1 aromatic carbocycles. The molecule has 0 amide bonds. The predicted molar refractivity (Wildman–Crippen MR) is 56.5 cm³/mol. The van der Waals surface area contributed by atoms with E-state index in [1.807, 2.05) is 24.3 Å². The van der Waals surface area contributed by atoms with Crippen LogP contribution in [-0.4, -0.2) is 31.5 Å². The zero-order valence-electron chi connectivity index (χ0n) is 9.30. The van der Waals surface area contributed by atoms with Gasteiger partial charge in [0.1, 0.15) is 0 Å². The van der Waals surface area contributed by atoms with Gasteiger partial charge in [-0.15, -0.1) is 0 Å². The second-order valence-corrected chi connectivity index (χ2v) is 3.36. The lowest BCUT2D eigenvalue weighted by Crippen LogP contribution is -2.12. The van der Waals surface area contributed by atoms with Gasteiger partial charge in [-0.3, -0.25) is 0 Å². The molecule has 4 nitrogen and oxygen atoms in total. The van der Waals surface area contributed by atoms with E-state index >= 15 is 0 Å². The van der Waals surface area contributed by atoms with E-state index in [1.165, 1.54) is 0 Å². The Kier molecular flexibility index (Phi) is 4.71. The average Bonchev–Trinajstić information content (AvgIpc) is 2.19. The number of nitrogens with zero attached hydrogens (tertiary/aromatic N) is 1. The molecular weight excluding hydrogens is 194 g/mol. The van der Waals surface area contributed by atoms with Gasteiger partial charge in [0, 0.05) is 33.4 Å². The highest BCUT2D eigenvalue weighted by Crippen LogP contribution is 2.18. The van der Waals surface area contributed by atoms with Crippen LogP contribution in [0.25, 0.3) is 0 Å². The number of hydrogen-bond acceptors (Lipinski definition) is 4. The maximum Gasteiger partial charge on any atom is 0.183 e. The number of benzene rings is 1. The average molecular weight is 211 g/mol. The zero-order chi connectivity index (χ0) is 11.3. The molecule has 15 heavy (non-hydrogen) atoms. The van der Waals surface area contributed by atoms with Gasteiger partial charge in [-0.1, -0.05) is 18.2 Å². The maximum absolute atomic E-state index is 9.12. The second-order valence-electron chi connectivity index (χ2n) is 3.36. The summed E-state index contributed by atoms with van der Waals surface area (Å²) in [6.45, 7) is 0.480. The molecule has 0 spiro atoms. The summed E-state index contributed by atoms with van der Waals surface area (Å²) in [5, 5.41) is 10.3. The number of methoxy groups -OCH3 is 2. The molecule has 0 atom stereocenters. The SMILES string of the molecule is COC(OC)c1cccc(CN(C)O)c1. The predicted octanol–water partition coefficient (Wildman–Crippen LogP) is 1.80. The first kappa shape index (κ1) is 12.1. The van der Waals surface area contributed by atoms with Crippen LogP contribution in [0.5, 0.6) is 0 Å². The van der Waals surface area contributed by atoms with Gasteiger partial charge >= 0.3 is 0 Å². The molecule has 0 saturated carbocycles. The van der Waals surface area contributed by atoms with Crippen LogP contribution in [0.1, 0.15) is 17.4 Å². The van der Waals surface area contributed by atoms with Gasteiger partial charge in [0.05, 0.1) is 0 Å². The lowest BCUT2D eigenvalue weighted by atomic mass is 10.1. The van der Waals surface area contributed by atoms with Crippen LogP contribution in [0, 0.1) is 0 Å². The Morgan fingerprint density at radius 3 is 2.53 bits per heavy atom. The largest absolute Gasteiger partial charge is 0.352 e. The third kappa shape index (κ3) is 3.60. The second kappa shape index (κ2) is 5.82. The van der Waals surface area contributed by atoms with Crippen molar-refractivity contribution in [1.29, 1.82) is 0 Å². The van der Waals surface area contributed by atoms with Crippen molar-refractivity contribution < 1.29 is 14.7 Å². The van der Waals surface area contributed by atoms with Crippen LogP contribution in [0.2, 0.25) is 0 Å². The van der Waals surface area contributed by atoms with Crippen LogP contribution >= 0.6 is 0 Å². The van der Waals surface area contributed by atoms with Crippen molar-refractivity contribution in [2.45, 2.75) is 12.8 Å². The molecule has 0 unspecified atom stereocenters. The van der Waals surface area contributed by atoms with Crippen molar-refractivity contribution in [3.05, 3.63) is 35.4 Å². The minimum absolute atomic E-state index is 0.353. The zero-order valence-corrected chi connectivity index (χ0v) is 9.30. The van der Waals surface area contributed by atoms with Gasteiger partial charge in [0.25, 0.3) is 0 Å². The first-order valence-electron chi connectivity index (χ1n) is 4.71. The third-order valence-corrected chi connectivity index (χ3v) is 2.06. The van der Waals surface area contributed by atoms with Gasteiger partial charge < -0.3 is 14.7 Å². The normalized spacial score (nSPS) is 11.3. The Hall–Kier alpha value is -0.940. The quantitative estimate of drug-likeness (QED) is 0.595. The fraction of sp³-hybridized carbons (Fsp3) is 0.455. The molecule has 0 aliphatic rings. The smallest absolute Gasteiger partial charge is 0.183 e. The van der Waals surface area contributed by atoms with Gasteiger partial charge in [-0.05, 0) is 11.6 Å². The van der Waals surface area contributed by atoms with E-state index in [1.54, 1.807) is 21.3 Å². The highest BCUT2D eigenvalue weighted by Gasteiger charge is 2.09. The van der Waals surface area contributed by atoms with Crippen molar-refractivity contribution in [1.82, 2.24) is 5.06 Å². The third-order valence-electron chi connectivity index (χ3n) is 2.06. The van der Waals surface area contributed by atoms with Crippen molar-refractivity contribution >= 4 is 0 Å². The molecule has 0 aliphatic heterocycles. The Morgan fingerprint density at radius 1 is 1.33 bits per heavy atom. The molecule has 0 fully saturated rings. The lowest BCUT2D eigenvalue weighted by Gasteiger charge is -2.15. The van der Waals surface area contributed by atoms with Gasteiger partial charge in [-0.2, -0.15) is 5.06 Å². The molecule has 1 rings (SSSR count). The Balaban J connectivity index is 2.81. The summed E-state index contributed by atoms with van der Waals surface area (Å²) in [5.74, 6) is 0. The maximum atomic E-state index is 9.12. The van der Waals surface area contributed by atoms with Crippen molar-refractivity contribution in [2.24, 2.45) is 0 Å². The number of hydrogen-bond donors (Lipinski definition) is 1. The summed E-state index contributed by atoms with van der Waals surface area (Å²) < 4.78 is 10.3. The van der Waals surface area contributed by atoms with Gasteiger partial charge in [-0.25, -0.2) is 0 Å². The fourth-order valence-electron chi connectivity index (χ4n) is 1.47. The van der Waals surface area contributed by atoms with E-state index in [4.69, 9.17) is 14.7 Å². The minimum Gasteiger partial charge on any atom is -0.352 e. The summed E-state index contributed by atoms with van der Waals surface area (Å²) in [6, 6.07) is 7.74. The Morgan fingerprint density at radius 2 is 2.00 bits per heavy atom.